The normalized spacial score (nSPS) is 21.5. The number of amides is 1. The van der Waals surface area contributed by atoms with Gasteiger partial charge in [-0.3, -0.25) is 4.79 Å². The Morgan fingerprint density at radius 3 is 2.41 bits per heavy atom. The Kier molecular flexibility index (Phi) is 8.33. The van der Waals surface area contributed by atoms with Crippen molar-refractivity contribution in [3.63, 3.8) is 0 Å². The first-order chi connectivity index (χ1) is 14.1. The molecule has 1 amide bonds. The van der Waals surface area contributed by atoms with Crippen LogP contribution in [0.4, 0.5) is 0 Å². The summed E-state index contributed by atoms with van der Waals surface area (Å²) in [5.74, 6) is 2.74. The van der Waals surface area contributed by atoms with Crippen LogP contribution in [-0.2, 0) is 20.7 Å². The number of hydrogen-bond acceptors (Lipinski definition) is 5. The van der Waals surface area contributed by atoms with Gasteiger partial charge in [0.25, 0.3) is 0 Å². The van der Waals surface area contributed by atoms with E-state index in [-0.39, 0.29) is 5.91 Å². The van der Waals surface area contributed by atoms with E-state index in [2.05, 4.69) is 17.0 Å². The highest BCUT2D eigenvalue weighted by Gasteiger charge is 2.35. The number of fused-ring (bicyclic) bond motifs is 1. The van der Waals surface area contributed by atoms with Gasteiger partial charge in [-0.1, -0.05) is 18.6 Å². The number of carbonyl (C=O) groups excluding carboxylic acids is 1. The van der Waals surface area contributed by atoms with E-state index in [0.29, 0.717) is 19.6 Å². The number of likely N-dealkylation sites (N-methyl/N-ethyl adjacent to an activating group) is 1. The zero-order valence-corrected chi connectivity index (χ0v) is 18.1. The maximum absolute atomic E-state index is 12.2. The molecule has 162 valence electrons. The highest BCUT2D eigenvalue weighted by molar-refractivity contribution is 5.76. The van der Waals surface area contributed by atoms with Gasteiger partial charge in [-0.15, -0.1) is 0 Å². The van der Waals surface area contributed by atoms with Crippen molar-refractivity contribution >= 4 is 5.91 Å². The molecule has 6 heteroatoms. The van der Waals surface area contributed by atoms with Crippen LogP contribution in [-0.4, -0.2) is 76.1 Å². The number of benzene rings is 1. The first-order valence-electron chi connectivity index (χ1n) is 10.8. The van der Waals surface area contributed by atoms with E-state index in [9.17, 15) is 4.79 Å². The number of methoxy groups -OCH3 is 2. The van der Waals surface area contributed by atoms with E-state index in [4.69, 9.17) is 14.2 Å². The van der Waals surface area contributed by atoms with Gasteiger partial charge in [-0.05, 0) is 48.8 Å². The lowest BCUT2D eigenvalue weighted by atomic mass is 10.0. The third kappa shape index (κ3) is 6.43. The highest BCUT2D eigenvalue weighted by Crippen LogP contribution is 2.37. The molecule has 6 nitrogen and oxygen atoms in total. The second-order valence-corrected chi connectivity index (χ2v) is 8.38. The second-order valence-electron chi connectivity index (χ2n) is 8.38. The van der Waals surface area contributed by atoms with Gasteiger partial charge >= 0.3 is 0 Å². The molecule has 1 aliphatic heterocycles. The lowest BCUT2D eigenvalue weighted by Crippen LogP contribution is -2.36. The van der Waals surface area contributed by atoms with Crippen LogP contribution in [0.25, 0.3) is 0 Å². The Morgan fingerprint density at radius 2 is 1.79 bits per heavy atom. The van der Waals surface area contributed by atoms with E-state index in [1.807, 2.05) is 12.1 Å². The molecule has 1 saturated heterocycles. The average molecular weight is 405 g/mol. The molecule has 1 aromatic rings. The average Bonchev–Trinajstić information content (AvgIpc) is 3.33. The third-order valence-corrected chi connectivity index (χ3v) is 6.40. The Hall–Kier alpha value is -1.63. The van der Waals surface area contributed by atoms with Crippen LogP contribution in [0, 0.1) is 11.8 Å². The number of nitrogens with zero attached hydrogens (tertiary/aromatic N) is 2. The molecule has 3 rings (SSSR count). The maximum Gasteiger partial charge on any atom is 0.225 e. The molecule has 0 spiro atoms. The van der Waals surface area contributed by atoms with Crippen LogP contribution >= 0.6 is 0 Å². The van der Waals surface area contributed by atoms with Crippen LogP contribution < -0.4 is 4.74 Å². The minimum Gasteiger partial charge on any atom is -0.493 e. The number of carbonyl (C=O) groups is 1. The van der Waals surface area contributed by atoms with E-state index in [1.165, 1.54) is 37.9 Å². The van der Waals surface area contributed by atoms with Crippen molar-refractivity contribution in [1.82, 2.24) is 9.80 Å². The minimum atomic E-state index is -0.405. The van der Waals surface area contributed by atoms with Crippen LogP contribution in [0.3, 0.4) is 0 Å². The summed E-state index contributed by atoms with van der Waals surface area (Å²) in [5.41, 5.74) is 1.34. The molecule has 1 heterocycles. The third-order valence-electron chi connectivity index (χ3n) is 6.40. The van der Waals surface area contributed by atoms with E-state index in [0.717, 1.165) is 30.6 Å². The molecule has 0 N–H and O–H groups in total. The van der Waals surface area contributed by atoms with Gasteiger partial charge in [0, 0.05) is 40.9 Å². The van der Waals surface area contributed by atoms with E-state index in [1.54, 1.807) is 26.2 Å². The van der Waals surface area contributed by atoms with Crippen LogP contribution in [0.2, 0.25) is 0 Å². The van der Waals surface area contributed by atoms with E-state index >= 15 is 0 Å². The molecule has 1 aliphatic carbocycles. The zero-order valence-electron chi connectivity index (χ0n) is 18.1. The molecular formula is C23H36N2O4. The molecular weight excluding hydrogens is 368 g/mol. The number of hydrogen-bond donors (Lipinski definition) is 0. The Bertz CT molecular complexity index is 620. The molecule has 1 saturated carbocycles. The molecule has 1 aromatic carbocycles. The predicted molar refractivity (Wildman–Crippen MR) is 113 cm³/mol. The molecule has 0 bridgehead atoms. The smallest absolute Gasteiger partial charge is 0.225 e. The topological polar surface area (TPSA) is 51.2 Å². The highest BCUT2D eigenvalue weighted by atomic mass is 16.7. The summed E-state index contributed by atoms with van der Waals surface area (Å²) in [6, 6.07) is 8.30. The molecule has 0 radical (unpaired) electrons. The van der Waals surface area contributed by atoms with Crippen molar-refractivity contribution in [2.24, 2.45) is 11.8 Å². The van der Waals surface area contributed by atoms with Crippen molar-refractivity contribution < 1.29 is 19.0 Å². The summed E-state index contributed by atoms with van der Waals surface area (Å²) in [7, 11) is 4.88. The van der Waals surface area contributed by atoms with Gasteiger partial charge in [0.1, 0.15) is 5.75 Å². The molecule has 29 heavy (non-hydrogen) atoms. The monoisotopic (exact) mass is 404 g/mol. The summed E-state index contributed by atoms with van der Waals surface area (Å²) in [5, 5.41) is 0. The summed E-state index contributed by atoms with van der Waals surface area (Å²) >= 11 is 0. The van der Waals surface area contributed by atoms with Gasteiger partial charge in [-0.25, -0.2) is 0 Å². The fraction of sp³-hybridized carbons (Fsp3) is 0.696. The Labute approximate surface area is 175 Å². The minimum absolute atomic E-state index is 0.0103. The summed E-state index contributed by atoms with van der Waals surface area (Å²) < 4.78 is 16.0. The van der Waals surface area contributed by atoms with Crippen molar-refractivity contribution in [2.75, 3.05) is 54.1 Å². The van der Waals surface area contributed by atoms with Crippen LogP contribution in [0.5, 0.6) is 5.75 Å². The SMILES string of the molecule is COC(CN(C)C(=O)CCOc1ccc(CCN2C[C@H]3CCC[C@H]3C2)cc1)OC. The molecule has 2 atom stereocenters. The number of rotatable bonds is 11. The largest absolute Gasteiger partial charge is 0.493 e. The zero-order chi connectivity index (χ0) is 20.6. The van der Waals surface area contributed by atoms with Crippen molar-refractivity contribution in [2.45, 2.75) is 38.4 Å². The van der Waals surface area contributed by atoms with Crippen molar-refractivity contribution in [3.8, 4) is 5.75 Å². The summed E-state index contributed by atoms with van der Waals surface area (Å²) in [6.45, 7) is 4.51. The fourth-order valence-electron chi connectivity index (χ4n) is 4.57. The quantitative estimate of drug-likeness (QED) is 0.531. The summed E-state index contributed by atoms with van der Waals surface area (Å²) in [4.78, 5) is 16.4. The van der Waals surface area contributed by atoms with Crippen LogP contribution in [0.1, 0.15) is 31.2 Å². The maximum atomic E-state index is 12.2. The van der Waals surface area contributed by atoms with Crippen molar-refractivity contribution in [1.29, 1.82) is 0 Å². The van der Waals surface area contributed by atoms with Gasteiger partial charge in [-0.2, -0.15) is 0 Å². The van der Waals surface area contributed by atoms with E-state index < -0.39 is 6.29 Å². The molecule has 0 unspecified atom stereocenters. The fourth-order valence-corrected chi connectivity index (χ4v) is 4.57. The van der Waals surface area contributed by atoms with Crippen LogP contribution in [0.15, 0.2) is 24.3 Å². The predicted octanol–water partition coefficient (Wildman–Crippen LogP) is 2.81. The lowest BCUT2D eigenvalue weighted by molar-refractivity contribution is -0.143. The number of ether oxygens (including phenoxy) is 3. The first-order valence-corrected chi connectivity index (χ1v) is 10.8. The molecule has 2 aliphatic rings. The van der Waals surface area contributed by atoms with Gasteiger partial charge in [0.15, 0.2) is 6.29 Å². The Balaban J connectivity index is 1.33. The Morgan fingerprint density at radius 1 is 1.14 bits per heavy atom. The first kappa shape index (κ1) is 22.1. The van der Waals surface area contributed by atoms with Gasteiger partial charge in [0.2, 0.25) is 5.91 Å². The van der Waals surface area contributed by atoms with Crippen molar-refractivity contribution in [3.05, 3.63) is 29.8 Å². The second kappa shape index (κ2) is 11.0. The molecule has 0 aromatic heterocycles. The molecule has 2 fully saturated rings. The number of likely N-dealkylation sites (tertiary alicyclic amines) is 1. The van der Waals surface area contributed by atoms with Gasteiger partial charge in [0.05, 0.1) is 19.6 Å². The summed E-state index contributed by atoms with van der Waals surface area (Å²) in [6.07, 6.45) is 5.32. The lowest BCUT2D eigenvalue weighted by Gasteiger charge is -2.22. The van der Waals surface area contributed by atoms with Gasteiger partial charge < -0.3 is 24.0 Å². The standard InChI is InChI=1S/C23H36N2O4/c1-24(17-23(27-2)28-3)22(26)12-14-29-21-9-7-18(8-10-21)11-13-25-15-19-5-4-6-20(19)16-25/h7-10,19-20,23H,4-6,11-17H2,1-3H3/t19-,20+.